The summed E-state index contributed by atoms with van der Waals surface area (Å²) in [6.07, 6.45) is 1.18. The van der Waals surface area contributed by atoms with Crippen LogP contribution >= 0.6 is 15.9 Å². The van der Waals surface area contributed by atoms with Crippen molar-refractivity contribution in [1.82, 2.24) is 4.90 Å². The Kier molecular flexibility index (Phi) is 6.26. The van der Waals surface area contributed by atoms with Crippen molar-refractivity contribution in [2.45, 2.75) is 19.8 Å². The zero-order valence-electron chi connectivity index (χ0n) is 15.3. The second kappa shape index (κ2) is 8.65. The Morgan fingerprint density at radius 3 is 2.44 bits per heavy atom. The van der Waals surface area contributed by atoms with Crippen molar-refractivity contribution < 1.29 is 14.0 Å². The van der Waals surface area contributed by atoms with Crippen LogP contribution < -0.4 is 4.90 Å². The highest BCUT2D eigenvalue weighted by atomic mass is 79.9. The highest BCUT2D eigenvalue weighted by molar-refractivity contribution is 9.10. The maximum atomic E-state index is 14.3. The lowest BCUT2D eigenvalue weighted by Gasteiger charge is -2.36. The number of amides is 1. The van der Waals surface area contributed by atoms with Gasteiger partial charge in [-0.2, -0.15) is 0 Å². The van der Waals surface area contributed by atoms with E-state index in [4.69, 9.17) is 0 Å². The molecule has 1 heterocycles. The molecule has 0 aliphatic carbocycles. The van der Waals surface area contributed by atoms with Gasteiger partial charge in [-0.25, -0.2) is 4.39 Å². The molecule has 3 rings (SSSR count). The molecule has 27 heavy (non-hydrogen) atoms. The summed E-state index contributed by atoms with van der Waals surface area (Å²) < 4.78 is 15.3. The van der Waals surface area contributed by atoms with Crippen molar-refractivity contribution in [2.75, 3.05) is 31.1 Å². The number of Topliss-reactive ketones (excluding diaryl/α,β-unsaturated/α-hetero) is 1. The number of hydrogen-bond donors (Lipinski definition) is 0. The highest BCUT2D eigenvalue weighted by Gasteiger charge is 2.23. The summed E-state index contributed by atoms with van der Waals surface area (Å²) >= 11 is 3.44. The predicted molar refractivity (Wildman–Crippen MR) is 108 cm³/mol. The van der Waals surface area contributed by atoms with E-state index in [1.165, 1.54) is 13.0 Å². The second-order valence-electron chi connectivity index (χ2n) is 6.72. The average Bonchev–Trinajstić information content (AvgIpc) is 2.66. The van der Waals surface area contributed by atoms with Gasteiger partial charge in [-0.05, 0) is 49.2 Å². The minimum absolute atomic E-state index is 0.127. The van der Waals surface area contributed by atoms with Crippen molar-refractivity contribution in [3.63, 3.8) is 0 Å². The quantitative estimate of drug-likeness (QED) is 0.668. The molecule has 0 aromatic heterocycles. The number of halogens is 2. The van der Waals surface area contributed by atoms with Gasteiger partial charge >= 0.3 is 0 Å². The molecule has 0 saturated carbocycles. The minimum Gasteiger partial charge on any atom is -0.366 e. The van der Waals surface area contributed by atoms with Gasteiger partial charge in [0.2, 0.25) is 5.91 Å². The van der Waals surface area contributed by atoms with Gasteiger partial charge in [-0.3, -0.25) is 9.59 Å². The number of nitrogens with zero attached hydrogens (tertiary/aromatic N) is 2. The van der Waals surface area contributed by atoms with Crippen LogP contribution in [0.4, 0.5) is 10.1 Å². The SMILES string of the molecule is CC(=O)c1ccc(N2CCN(C(=O)CCc3cccc(Br)c3)CC2)c(F)c1. The number of carbonyl (C=O) groups is 2. The first-order chi connectivity index (χ1) is 12.9. The molecule has 1 aliphatic heterocycles. The Bertz CT molecular complexity index is 848. The zero-order chi connectivity index (χ0) is 19.4. The van der Waals surface area contributed by atoms with Crippen LogP contribution in [0.15, 0.2) is 46.9 Å². The molecule has 1 saturated heterocycles. The number of rotatable bonds is 5. The van der Waals surface area contributed by atoms with Crippen LogP contribution in [0.25, 0.3) is 0 Å². The number of ketones is 1. The topological polar surface area (TPSA) is 40.6 Å². The smallest absolute Gasteiger partial charge is 0.223 e. The first-order valence-corrected chi connectivity index (χ1v) is 9.81. The fourth-order valence-corrected chi connectivity index (χ4v) is 3.73. The Morgan fingerprint density at radius 1 is 1.07 bits per heavy atom. The van der Waals surface area contributed by atoms with E-state index in [2.05, 4.69) is 15.9 Å². The van der Waals surface area contributed by atoms with E-state index in [9.17, 15) is 14.0 Å². The van der Waals surface area contributed by atoms with E-state index in [-0.39, 0.29) is 11.7 Å². The molecule has 4 nitrogen and oxygen atoms in total. The molecule has 0 atom stereocenters. The average molecular weight is 433 g/mol. The summed E-state index contributed by atoms with van der Waals surface area (Å²) in [5, 5.41) is 0. The first kappa shape index (κ1) is 19.5. The van der Waals surface area contributed by atoms with E-state index in [1.807, 2.05) is 34.1 Å². The summed E-state index contributed by atoms with van der Waals surface area (Å²) in [5.41, 5.74) is 1.99. The summed E-state index contributed by atoms with van der Waals surface area (Å²) in [4.78, 5) is 27.6. The molecule has 1 aliphatic rings. The standard InChI is InChI=1S/C21H22BrFN2O2/c1-15(26)17-6-7-20(19(23)14-17)24-9-11-25(12-10-24)21(27)8-5-16-3-2-4-18(22)13-16/h2-4,6-7,13-14H,5,8-12H2,1H3. The van der Waals surface area contributed by atoms with E-state index < -0.39 is 5.82 Å². The van der Waals surface area contributed by atoms with E-state index in [0.717, 1.165) is 10.0 Å². The Hall–Kier alpha value is -2.21. The van der Waals surface area contributed by atoms with Crippen LogP contribution in [-0.2, 0) is 11.2 Å². The Morgan fingerprint density at radius 2 is 1.81 bits per heavy atom. The van der Waals surface area contributed by atoms with Gasteiger partial charge in [0.15, 0.2) is 5.78 Å². The molecule has 1 amide bonds. The van der Waals surface area contributed by atoms with Crippen LogP contribution in [-0.4, -0.2) is 42.8 Å². The summed E-state index contributed by atoms with van der Waals surface area (Å²) in [5.74, 6) is -0.416. The monoisotopic (exact) mass is 432 g/mol. The number of hydrogen-bond acceptors (Lipinski definition) is 3. The van der Waals surface area contributed by atoms with Crippen molar-refractivity contribution in [3.05, 3.63) is 63.9 Å². The third-order valence-corrected chi connectivity index (χ3v) is 5.34. The molecule has 1 fully saturated rings. The summed E-state index contributed by atoms with van der Waals surface area (Å²) in [6.45, 7) is 3.74. The molecular formula is C21H22BrFN2O2. The van der Waals surface area contributed by atoms with Crippen LogP contribution in [0.5, 0.6) is 0 Å². The molecule has 0 bridgehead atoms. The summed E-state index contributed by atoms with van der Waals surface area (Å²) in [6, 6.07) is 12.6. The van der Waals surface area contributed by atoms with Gasteiger partial charge in [0.25, 0.3) is 0 Å². The van der Waals surface area contributed by atoms with E-state index >= 15 is 0 Å². The van der Waals surface area contributed by atoms with E-state index in [0.29, 0.717) is 50.3 Å². The largest absolute Gasteiger partial charge is 0.366 e. The lowest BCUT2D eigenvalue weighted by Crippen LogP contribution is -2.49. The van der Waals surface area contributed by atoms with Gasteiger partial charge in [0.1, 0.15) is 5.82 Å². The van der Waals surface area contributed by atoms with Gasteiger partial charge in [-0.1, -0.05) is 28.1 Å². The maximum absolute atomic E-state index is 14.3. The molecule has 0 radical (unpaired) electrons. The van der Waals surface area contributed by atoms with Crippen LogP contribution in [0.1, 0.15) is 29.3 Å². The first-order valence-electron chi connectivity index (χ1n) is 9.01. The molecule has 0 spiro atoms. The second-order valence-corrected chi connectivity index (χ2v) is 7.64. The molecule has 2 aromatic carbocycles. The normalized spacial score (nSPS) is 14.3. The van der Waals surface area contributed by atoms with Crippen LogP contribution in [0.3, 0.4) is 0 Å². The lowest BCUT2D eigenvalue weighted by atomic mass is 10.1. The van der Waals surface area contributed by atoms with Crippen molar-refractivity contribution in [1.29, 1.82) is 0 Å². The molecule has 2 aromatic rings. The predicted octanol–water partition coefficient (Wildman–Crippen LogP) is 4.07. The van der Waals surface area contributed by atoms with Gasteiger partial charge < -0.3 is 9.80 Å². The third kappa shape index (κ3) is 4.95. The number of piperazine rings is 1. The van der Waals surface area contributed by atoms with Crippen molar-refractivity contribution in [2.24, 2.45) is 0 Å². The minimum atomic E-state index is -0.392. The number of aryl methyl sites for hydroxylation is 1. The number of anilines is 1. The van der Waals surface area contributed by atoms with Crippen LogP contribution in [0.2, 0.25) is 0 Å². The molecule has 0 N–H and O–H groups in total. The molecule has 0 unspecified atom stereocenters. The number of benzene rings is 2. The van der Waals surface area contributed by atoms with Crippen LogP contribution in [0, 0.1) is 5.82 Å². The fraction of sp³-hybridized carbons (Fsp3) is 0.333. The summed E-state index contributed by atoms with van der Waals surface area (Å²) in [7, 11) is 0. The lowest BCUT2D eigenvalue weighted by molar-refractivity contribution is -0.131. The van der Waals surface area contributed by atoms with Gasteiger partial charge in [0.05, 0.1) is 5.69 Å². The molecule has 142 valence electrons. The third-order valence-electron chi connectivity index (χ3n) is 4.84. The molecule has 6 heteroatoms. The van der Waals surface area contributed by atoms with Gasteiger partial charge in [-0.15, -0.1) is 0 Å². The fourth-order valence-electron chi connectivity index (χ4n) is 3.28. The van der Waals surface area contributed by atoms with Gasteiger partial charge in [0, 0.05) is 42.6 Å². The highest BCUT2D eigenvalue weighted by Crippen LogP contribution is 2.22. The Balaban J connectivity index is 1.54. The number of carbonyl (C=O) groups excluding carboxylic acids is 2. The zero-order valence-corrected chi connectivity index (χ0v) is 16.8. The maximum Gasteiger partial charge on any atom is 0.223 e. The Labute approximate surface area is 167 Å². The van der Waals surface area contributed by atoms with E-state index in [1.54, 1.807) is 12.1 Å². The molecular weight excluding hydrogens is 411 g/mol. The van der Waals surface area contributed by atoms with Crippen molar-refractivity contribution in [3.8, 4) is 0 Å². The van der Waals surface area contributed by atoms with Crippen molar-refractivity contribution >= 4 is 33.3 Å².